The largest absolute Gasteiger partial charge is 0.490 e. The van der Waals surface area contributed by atoms with E-state index in [1.54, 1.807) is 0 Å². The lowest BCUT2D eigenvalue weighted by molar-refractivity contribution is 0.0927. The van der Waals surface area contributed by atoms with E-state index in [0.717, 1.165) is 29.2 Å². The number of benzene rings is 1. The Morgan fingerprint density at radius 1 is 1.22 bits per heavy atom. The molecule has 3 rings (SSSR count). The molecule has 0 unspecified atom stereocenters. The standard InChI is InChI=1S/C15H20ClNO/c1-10-5-6-13(9-15(10)16)18-14-7-11-3-2-4-12(8-14)17-11/h5-6,9,11-12,14,17H,2-4,7-8H2,1H3/t11-,12+,14-. The van der Waals surface area contributed by atoms with E-state index in [2.05, 4.69) is 5.32 Å². The minimum atomic E-state index is 0.348. The fourth-order valence-corrected chi connectivity index (χ4v) is 3.32. The van der Waals surface area contributed by atoms with Gasteiger partial charge in [0.25, 0.3) is 0 Å². The summed E-state index contributed by atoms with van der Waals surface area (Å²) in [6.07, 6.45) is 6.56. The molecular formula is C15H20ClNO. The summed E-state index contributed by atoms with van der Waals surface area (Å²) < 4.78 is 6.10. The van der Waals surface area contributed by atoms with Gasteiger partial charge >= 0.3 is 0 Å². The van der Waals surface area contributed by atoms with Gasteiger partial charge in [0.1, 0.15) is 11.9 Å². The van der Waals surface area contributed by atoms with E-state index in [1.807, 2.05) is 25.1 Å². The predicted molar refractivity (Wildman–Crippen MR) is 74.4 cm³/mol. The SMILES string of the molecule is Cc1ccc(O[C@@H]2C[C@H]3CCC[C@@H](C2)N3)cc1Cl. The van der Waals surface area contributed by atoms with E-state index in [4.69, 9.17) is 16.3 Å². The lowest BCUT2D eigenvalue weighted by Crippen LogP contribution is -2.51. The van der Waals surface area contributed by atoms with E-state index < -0.39 is 0 Å². The van der Waals surface area contributed by atoms with Gasteiger partial charge in [-0.2, -0.15) is 0 Å². The summed E-state index contributed by atoms with van der Waals surface area (Å²) in [5.74, 6) is 0.913. The van der Waals surface area contributed by atoms with Gasteiger partial charge in [-0.25, -0.2) is 0 Å². The molecular weight excluding hydrogens is 246 g/mol. The molecule has 0 aliphatic carbocycles. The zero-order chi connectivity index (χ0) is 12.5. The summed E-state index contributed by atoms with van der Waals surface area (Å²) in [7, 11) is 0. The van der Waals surface area contributed by atoms with Gasteiger partial charge in [0.2, 0.25) is 0 Å². The third-order valence-electron chi connectivity index (χ3n) is 4.12. The maximum atomic E-state index is 6.13. The van der Waals surface area contributed by atoms with Gasteiger partial charge in [0, 0.05) is 17.1 Å². The number of hydrogen-bond acceptors (Lipinski definition) is 2. The molecule has 0 radical (unpaired) electrons. The molecule has 1 N–H and O–H groups in total. The summed E-state index contributed by atoms with van der Waals surface area (Å²) in [4.78, 5) is 0. The first-order valence-corrected chi connectivity index (χ1v) is 7.27. The van der Waals surface area contributed by atoms with Crippen molar-refractivity contribution < 1.29 is 4.74 Å². The van der Waals surface area contributed by atoms with Crippen molar-refractivity contribution in [2.24, 2.45) is 0 Å². The van der Waals surface area contributed by atoms with Crippen LogP contribution in [0.3, 0.4) is 0 Å². The number of hydrogen-bond donors (Lipinski definition) is 1. The van der Waals surface area contributed by atoms with Crippen molar-refractivity contribution in [2.45, 2.75) is 57.2 Å². The fourth-order valence-electron chi connectivity index (χ4n) is 3.15. The summed E-state index contributed by atoms with van der Waals surface area (Å²) in [6, 6.07) is 7.31. The number of rotatable bonds is 2. The van der Waals surface area contributed by atoms with Crippen LogP contribution in [0.5, 0.6) is 5.75 Å². The Kier molecular flexibility index (Phi) is 3.49. The van der Waals surface area contributed by atoms with Gasteiger partial charge in [-0.15, -0.1) is 0 Å². The molecule has 98 valence electrons. The molecule has 0 aromatic heterocycles. The summed E-state index contributed by atoms with van der Waals surface area (Å²) in [6.45, 7) is 2.01. The molecule has 0 amide bonds. The van der Waals surface area contributed by atoms with Crippen LogP contribution in [0.1, 0.15) is 37.7 Å². The summed E-state index contributed by atoms with van der Waals surface area (Å²) in [5.41, 5.74) is 1.10. The van der Waals surface area contributed by atoms with Gasteiger partial charge in [-0.05, 0) is 50.3 Å². The highest BCUT2D eigenvalue weighted by molar-refractivity contribution is 6.31. The summed E-state index contributed by atoms with van der Waals surface area (Å²) >= 11 is 6.13. The highest BCUT2D eigenvalue weighted by Gasteiger charge is 2.32. The Morgan fingerprint density at radius 3 is 2.61 bits per heavy atom. The molecule has 2 nitrogen and oxygen atoms in total. The Bertz CT molecular complexity index is 423. The third-order valence-corrected chi connectivity index (χ3v) is 4.52. The quantitative estimate of drug-likeness (QED) is 0.880. The lowest BCUT2D eigenvalue weighted by atomic mass is 9.85. The molecule has 18 heavy (non-hydrogen) atoms. The zero-order valence-corrected chi connectivity index (χ0v) is 11.5. The second-order valence-corrected chi connectivity index (χ2v) is 6.02. The molecule has 0 saturated carbocycles. The molecule has 2 heterocycles. The molecule has 2 aliphatic heterocycles. The van der Waals surface area contributed by atoms with Gasteiger partial charge in [-0.3, -0.25) is 0 Å². The number of ether oxygens (including phenoxy) is 1. The van der Waals surface area contributed by atoms with Crippen molar-refractivity contribution >= 4 is 11.6 Å². The van der Waals surface area contributed by atoms with Crippen LogP contribution in [0.25, 0.3) is 0 Å². The Labute approximate surface area is 114 Å². The van der Waals surface area contributed by atoms with E-state index >= 15 is 0 Å². The smallest absolute Gasteiger partial charge is 0.121 e. The van der Waals surface area contributed by atoms with Crippen molar-refractivity contribution in [1.82, 2.24) is 5.32 Å². The van der Waals surface area contributed by atoms with Gasteiger partial charge < -0.3 is 10.1 Å². The van der Waals surface area contributed by atoms with Gasteiger partial charge in [0.05, 0.1) is 0 Å². The molecule has 1 aromatic carbocycles. The van der Waals surface area contributed by atoms with Crippen molar-refractivity contribution in [3.05, 3.63) is 28.8 Å². The van der Waals surface area contributed by atoms with E-state index in [-0.39, 0.29) is 0 Å². The monoisotopic (exact) mass is 265 g/mol. The molecule has 3 atom stereocenters. The van der Waals surface area contributed by atoms with Crippen LogP contribution in [0.2, 0.25) is 5.02 Å². The molecule has 2 bridgehead atoms. The van der Waals surface area contributed by atoms with Crippen LogP contribution >= 0.6 is 11.6 Å². The van der Waals surface area contributed by atoms with Crippen molar-refractivity contribution in [1.29, 1.82) is 0 Å². The second-order valence-electron chi connectivity index (χ2n) is 5.61. The molecule has 0 spiro atoms. The average Bonchev–Trinajstić information content (AvgIpc) is 2.33. The Morgan fingerprint density at radius 2 is 1.94 bits per heavy atom. The molecule has 2 aliphatic rings. The number of aryl methyl sites for hydroxylation is 1. The van der Waals surface area contributed by atoms with Crippen LogP contribution < -0.4 is 10.1 Å². The summed E-state index contributed by atoms with van der Waals surface area (Å²) in [5, 5.41) is 4.48. The fraction of sp³-hybridized carbons (Fsp3) is 0.600. The molecule has 1 aromatic rings. The first kappa shape index (κ1) is 12.3. The topological polar surface area (TPSA) is 21.3 Å². The third kappa shape index (κ3) is 2.65. The predicted octanol–water partition coefficient (Wildman–Crippen LogP) is 3.70. The van der Waals surface area contributed by atoms with Gasteiger partial charge in [0.15, 0.2) is 0 Å². The number of piperidine rings is 2. The maximum absolute atomic E-state index is 6.13. The minimum absolute atomic E-state index is 0.348. The molecule has 2 saturated heterocycles. The van der Waals surface area contributed by atoms with Crippen LogP contribution in [-0.4, -0.2) is 18.2 Å². The molecule has 2 fully saturated rings. The van der Waals surface area contributed by atoms with Crippen LogP contribution in [0.4, 0.5) is 0 Å². The number of fused-ring (bicyclic) bond motifs is 2. The maximum Gasteiger partial charge on any atom is 0.121 e. The zero-order valence-electron chi connectivity index (χ0n) is 10.8. The lowest BCUT2D eigenvalue weighted by Gasteiger charge is -2.40. The van der Waals surface area contributed by atoms with Crippen molar-refractivity contribution in [3.63, 3.8) is 0 Å². The normalized spacial score (nSPS) is 31.1. The Hall–Kier alpha value is -0.730. The highest BCUT2D eigenvalue weighted by Crippen LogP contribution is 2.30. The van der Waals surface area contributed by atoms with E-state index in [1.165, 1.54) is 19.3 Å². The Balaban J connectivity index is 1.67. The van der Waals surface area contributed by atoms with Crippen molar-refractivity contribution in [3.8, 4) is 5.75 Å². The number of halogens is 1. The second kappa shape index (κ2) is 5.10. The van der Waals surface area contributed by atoms with Crippen molar-refractivity contribution in [2.75, 3.05) is 0 Å². The first-order valence-electron chi connectivity index (χ1n) is 6.89. The van der Waals surface area contributed by atoms with Crippen LogP contribution in [0.15, 0.2) is 18.2 Å². The van der Waals surface area contributed by atoms with Gasteiger partial charge in [-0.1, -0.05) is 24.1 Å². The molecule has 3 heteroatoms. The minimum Gasteiger partial charge on any atom is -0.490 e. The first-order chi connectivity index (χ1) is 8.70. The average molecular weight is 266 g/mol. The van der Waals surface area contributed by atoms with Crippen LogP contribution in [-0.2, 0) is 0 Å². The van der Waals surface area contributed by atoms with Crippen LogP contribution in [0, 0.1) is 6.92 Å². The van der Waals surface area contributed by atoms with E-state index in [0.29, 0.717) is 18.2 Å². The highest BCUT2D eigenvalue weighted by atomic mass is 35.5. The number of nitrogens with one attached hydrogen (secondary N) is 1. The van der Waals surface area contributed by atoms with E-state index in [9.17, 15) is 0 Å².